The van der Waals surface area contributed by atoms with Crippen LogP contribution >= 0.6 is 15.9 Å². The molecule has 2 aromatic carbocycles. The van der Waals surface area contributed by atoms with Crippen LogP contribution in [0.5, 0.6) is 5.75 Å². The minimum atomic E-state index is -1.21. The van der Waals surface area contributed by atoms with E-state index in [2.05, 4.69) is 15.9 Å². The Kier molecular flexibility index (Phi) is 5.42. The Hall–Kier alpha value is -2.65. The predicted molar refractivity (Wildman–Crippen MR) is 113 cm³/mol. The summed E-state index contributed by atoms with van der Waals surface area (Å²) in [5, 5.41) is 10.8. The number of aliphatic hydroxyl groups excluding tert-OH is 1. The lowest BCUT2D eigenvalue weighted by molar-refractivity contribution is -0.150. The van der Waals surface area contributed by atoms with Crippen molar-refractivity contribution < 1.29 is 23.8 Å². The van der Waals surface area contributed by atoms with Crippen LogP contribution in [0.15, 0.2) is 40.9 Å². The number of benzene rings is 2. The van der Waals surface area contributed by atoms with Gasteiger partial charge in [0, 0.05) is 13.5 Å². The summed E-state index contributed by atoms with van der Waals surface area (Å²) in [6, 6.07) is 9.55. The maximum atomic E-state index is 14.7. The molecule has 0 radical (unpaired) electrons. The van der Waals surface area contributed by atoms with Crippen molar-refractivity contribution >= 4 is 39.1 Å². The lowest BCUT2D eigenvalue weighted by Crippen LogP contribution is -2.58. The van der Waals surface area contributed by atoms with Crippen molar-refractivity contribution in [3.63, 3.8) is 0 Å². The zero-order chi connectivity index (χ0) is 21.6. The number of anilines is 2. The summed E-state index contributed by atoms with van der Waals surface area (Å²) in [7, 11) is 3.13. The van der Waals surface area contributed by atoms with Gasteiger partial charge in [-0.25, -0.2) is 4.39 Å². The van der Waals surface area contributed by atoms with Crippen molar-refractivity contribution in [1.29, 1.82) is 0 Å². The Bertz CT molecular complexity index is 1000. The summed E-state index contributed by atoms with van der Waals surface area (Å²) in [5.41, 5.74) is 1.42. The summed E-state index contributed by atoms with van der Waals surface area (Å²) >= 11 is 3.16. The van der Waals surface area contributed by atoms with Gasteiger partial charge in [0.2, 0.25) is 12.3 Å². The van der Waals surface area contributed by atoms with Gasteiger partial charge >= 0.3 is 0 Å². The number of amides is 2. The zero-order valence-electron chi connectivity index (χ0n) is 16.5. The summed E-state index contributed by atoms with van der Waals surface area (Å²) in [4.78, 5) is 29.8. The van der Waals surface area contributed by atoms with Crippen molar-refractivity contribution in [3.8, 4) is 5.75 Å². The third-order valence-corrected chi connectivity index (χ3v) is 6.21. The standard InChI is InChI=1S/C21H21BrFN3O4/c1-24-19-15(8-7-14(22)18(19)23)26(21(24)29)16-9-10-17(27)25(20(16)28)11-12-3-5-13(30-2)6-4-12/h3-8,16,21,29H,9-11H2,1-2H3. The summed E-state index contributed by atoms with van der Waals surface area (Å²) in [6.07, 6.45) is -0.805. The largest absolute Gasteiger partial charge is 0.497 e. The van der Waals surface area contributed by atoms with Crippen molar-refractivity contribution in [2.45, 2.75) is 31.8 Å². The van der Waals surface area contributed by atoms with Crippen molar-refractivity contribution in [1.82, 2.24) is 4.90 Å². The number of halogens is 2. The molecule has 0 bridgehead atoms. The number of hydrogen-bond acceptors (Lipinski definition) is 6. The second-order valence-corrected chi connectivity index (χ2v) is 8.17. The van der Waals surface area contributed by atoms with Crippen LogP contribution in [-0.4, -0.2) is 48.4 Å². The van der Waals surface area contributed by atoms with Crippen LogP contribution in [0.3, 0.4) is 0 Å². The highest BCUT2D eigenvalue weighted by atomic mass is 79.9. The quantitative estimate of drug-likeness (QED) is 0.682. The molecule has 2 unspecified atom stereocenters. The molecule has 2 atom stereocenters. The van der Waals surface area contributed by atoms with Gasteiger partial charge in [-0.05, 0) is 52.2 Å². The molecule has 2 aromatic rings. The minimum Gasteiger partial charge on any atom is -0.497 e. The van der Waals surface area contributed by atoms with Gasteiger partial charge in [0.25, 0.3) is 5.91 Å². The van der Waals surface area contributed by atoms with E-state index >= 15 is 0 Å². The molecule has 4 rings (SSSR count). The van der Waals surface area contributed by atoms with E-state index in [-0.39, 0.29) is 35.5 Å². The molecular weight excluding hydrogens is 457 g/mol. The van der Waals surface area contributed by atoms with Gasteiger partial charge < -0.3 is 19.6 Å². The molecule has 2 amide bonds. The summed E-state index contributed by atoms with van der Waals surface area (Å²) in [6.45, 7) is 0.124. The fourth-order valence-electron chi connectivity index (χ4n) is 3.99. The van der Waals surface area contributed by atoms with Gasteiger partial charge in [-0.3, -0.25) is 14.5 Å². The first-order valence-electron chi connectivity index (χ1n) is 9.48. The Morgan fingerprint density at radius 3 is 2.57 bits per heavy atom. The summed E-state index contributed by atoms with van der Waals surface area (Å²) < 4.78 is 20.1. The van der Waals surface area contributed by atoms with E-state index in [0.29, 0.717) is 11.4 Å². The number of carbonyl (C=O) groups excluding carboxylic acids is 2. The number of rotatable bonds is 4. The molecular formula is C21H21BrFN3O4. The second-order valence-electron chi connectivity index (χ2n) is 7.31. The van der Waals surface area contributed by atoms with Crippen LogP contribution in [0, 0.1) is 5.82 Å². The molecule has 0 saturated carbocycles. The molecule has 0 aliphatic carbocycles. The van der Waals surface area contributed by atoms with E-state index in [1.54, 1.807) is 50.6 Å². The van der Waals surface area contributed by atoms with E-state index in [0.717, 1.165) is 5.56 Å². The molecule has 1 fully saturated rings. The molecule has 2 heterocycles. The maximum absolute atomic E-state index is 14.7. The van der Waals surface area contributed by atoms with Gasteiger partial charge in [0.05, 0.1) is 23.8 Å². The van der Waals surface area contributed by atoms with E-state index in [1.165, 1.54) is 14.7 Å². The molecule has 1 N–H and O–H groups in total. The van der Waals surface area contributed by atoms with Crippen molar-refractivity contribution in [3.05, 3.63) is 52.3 Å². The van der Waals surface area contributed by atoms with Crippen molar-refractivity contribution in [2.24, 2.45) is 0 Å². The Balaban J connectivity index is 1.63. The van der Waals surface area contributed by atoms with Crippen LogP contribution < -0.4 is 14.5 Å². The molecule has 2 aliphatic rings. The average molecular weight is 478 g/mol. The highest BCUT2D eigenvalue weighted by Gasteiger charge is 2.45. The van der Waals surface area contributed by atoms with E-state index in [1.807, 2.05) is 0 Å². The molecule has 158 valence electrons. The first-order chi connectivity index (χ1) is 14.3. The molecule has 1 saturated heterocycles. The molecule has 0 spiro atoms. The smallest absolute Gasteiger partial charge is 0.252 e. The van der Waals surface area contributed by atoms with Gasteiger partial charge in [-0.1, -0.05) is 12.1 Å². The number of likely N-dealkylation sites (tertiary alicyclic amines) is 1. The van der Waals surface area contributed by atoms with Gasteiger partial charge in [0.15, 0.2) is 5.82 Å². The van der Waals surface area contributed by atoms with E-state index < -0.39 is 24.1 Å². The number of imide groups is 1. The van der Waals surface area contributed by atoms with Crippen LogP contribution in [0.4, 0.5) is 15.8 Å². The fourth-order valence-corrected chi connectivity index (χ4v) is 4.31. The summed E-state index contributed by atoms with van der Waals surface area (Å²) in [5.74, 6) is -0.506. The predicted octanol–water partition coefficient (Wildman–Crippen LogP) is 2.85. The number of methoxy groups -OCH3 is 1. The average Bonchev–Trinajstić information content (AvgIpc) is 2.99. The topological polar surface area (TPSA) is 73.3 Å². The minimum absolute atomic E-state index is 0.124. The van der Waals surface area contributed by atoms with E-state index in [4.69, 9.17) is 4.74 Å². The Morgan fingerprint density at radius 2 is 1.90 bits per heavy atom. The Labute approximate surface area is 181 Å². The maximum Gasteiger partial charge on any atom is 0.252 e. The van der Waals surface area contributed by atoms with Gasteiger partial charge in [-0.15, -0.1) is 0 Å². The lowest BCUT2D eigenvalue weighted by Gasteiger charge is -2.38. The number of nitrogens with zero attached hydrogens (tertiary/aromatic N) is 3. The third-order valence-electron chi connectivity index (χ3n) is 5.59. The second kappa shape index (κ2) is 7.88. The molecule has 2 aliphatic heterocycles. The number of fused-ring (bicyclic) bond motifs is 1. The van der Waals surface area contributed by atoms with Crippen LogP contribution in [0.25, 0.3) is 0 Å². The van der Waals surface area contributed by atoms with Gasteiger partial charge in [0.1, 0.15) is 17.5 Å². The number of carbonyl (C=O) groups is 2. The lowest BCUT2D eigenvalue weighted by atomic mass is 10.0. The fraction of sp³-hybridized carbons (Fsp3) is 0.333. The third kappa shape index (κ3) is 3.31. The first-order valence-corrected chi connectivity index (χ1v) is 10.3. The highest BCUT2D eigenvalue weighted by molar-refractivity contribution is 9.10. The number of ether oxygens (including phenoxy) is 1. The monoisotopic (exact) mass is 477 g/mol. The highest BCUT2D eigenvalue weighted by Crippen LogP contribution is 2.44. The normalized spacial score (nSPS) is 21.3. The molecule has 0 aromatic heterocycles. The van der Waals surface area contributed by atoms with Gasteiger partial charge in [-0.2, -0.15) is 0 Å². The zero-order valence-corrected chi connectivity index (χ0v) is 18.1. The SMILES string of the molecule is COc1ccc(CN2C(=O)CCC(N3c4ccc(Br)c(F)c4N(C)C3O)C2=O)cc1. The number of piperidine rings is 1. The van der Waals surface area contributed by atoms with Crippen molar-refractivity contribution in [2.75, 3.05) is 24.0 Å². The van der Waals surface area contributed by atoms with Crippen LogP contribution in [0.1, 0.15) is 18.4 Å². The number of aliphatic hydroxyl groups is 1. The van der Waals surface area contributed by atoms with E-state index in [9.17, 15) is 19.1 Å². The van der Waals surface area contributed by atoms with Crippen LogP contribution in [0.2, 0.25) is 0 Å². The Morgan fingerprint density at radius 1 is 1.20 bits per heavy atom. The first kappa shape index (κ1) is 20.6. The van der Waals surface area contributed by atoms with Crippen LogP contribution in [-0.2, 0) is 16.1 Å². The number of hydrogen-bond donors (Lipinski definition) is 1. The molecule has 30 heavy (non-hydrogen) atoms. The molecule has 7 nitrogen and oxygen atoms in total. The molecule has 9 heteroatoms.